The molecular formula is C14H16ClN3O5S. The van der Waals surface area contributed by atoms with E-state index < -0.39 is 15.9 Å². The zero-order chi connectivity index (χ0) is 17.9. The van der Waals surface area contributed by atoms with E-state index in [9.17, 15) is 13.2 Å². The first kappa shape index (κ1) is 18.2. The minimum atomic E-state index is -3.98. The first-order valence-corrected chi connectivity index (χ1v) is 8.69. The lowest BCUT2D eigenvalue weighted by Crippen LogP contribution is -2.44. The van der Waals surface area contributed by atoms with Crippen molar-refractivity contribution in [1.82, 2.24) is 15.4 Å². The summed E-state index contributed by atoms with van der Waals surface area (Å²) < 4.78 is 34.3. The monoisotopic (exact) mass is 373 g/mol. The molecule has 10 heteroatoms. The van der Waals surface area contributed by atoms with Crippen LogP contribution in [0.15, 0.2) is 27.6 Å². The smallest absolute Gasteiger partial charge is 0.272 e. The van der Waals surface area contributed by atoms with Gasteiger partial charge in [0.15, 0.2) is 12.4 Å². The van der Waals surface area contributed by atoms with Crippen LogP contribution in [0.5, 0.6) is 5.75 Å². The van der Waals surface area contributed by atoms with Crippen molar-refractivity contribution in [2.24, 2.45) is 0 Å². The number of aryl methyl sites for hydroxylation is 3. The van der Waals surface area contributed by atoms with Gasteiger partial charge in [-0.1, -0.05) is 16.8 Å². The maximum atomic E-state index is 12.1. The highest BCUT2D eigenvalue weighted by Crippen LogP contribution is 2.21. The molecule has 8 nitrogen and oxygen atoms in total. The van der Waals surface area contributed by atoms with Crippen molar-refractivity contribution in [1.29, 1.82) is 0 Å². The second-order valence-electron chi connectivity index (χ2n) is 5.01. The van der Waals surface area contributed by atoms with Crippen LogP contribution in [-0.2, 0) is 14.8 Å². The number of rotatable bonds is 6. The maximum Gasteiger partial charge on any atom is 0.272 e. The number of aromatic nitrogens is 1. The third-order valence-corrected chi connectivity index (χ3v) is 4.98. The minimum Gasteiger partial charge on any atom is -0.484 e. The van der Waals surface area contributed by atoms with E-state index in [0.717, 1.165) is 5.56 Å². The fourth-order valence-electron chi connectivity index (χ4n) is 1.93. The lowest BCUT2D eigenvalue weighted by atomic mass is 10.2. The van der Waals surface area contributed by atoms with Gasteiger partial charge >= 0.3 is 0 Å². The van der Waals surface area contributed by atoms with Crippen LogP contribution < -0.4 is 15.0 Å². The summed E-state index contributed by atoms with van der Waals surface area (Å²) in [6, 6.07) is 4.92. The molecule has 2 aromatic rings. The molecule has 24 heavy (non-hydrogen) atoms. The van der Waals surface area contributed by atoms with Gasteiger partial charge in [0.2, 0.25) is 0 Å². The van der Waals surface area contributed by atoms with E-state index in [2.05, 4.69) is 10.6 Å². The van der Waals surface area contributed by atoms with Crippen LogP contribution in [0.4, 0.5) is 0 Å². The Kier molecular flexibility index (Phi) is 5.47. The van der Waals surface area contributed by atoms with Crippen molar-refractivity contribution in [3.05, 3.63) is 40.2 Å². The SMILES string of the molecule is Cc1cc(OCC(=O)NNS(=O)(=O)c2c(C)noc2C)ccc1Cl. The van der Waals surface area contributed by atoms with E-state index in [1.165, 1.54) is 13.8 Å². The van der Waals surface area contributed by atoms with Crippen LogP contribution in [0, 0.1) is 20.8 Å². The number of hydrogen-bond acceptors (Lipinski definition) is 6. The van der Waals surface area contributed by atoms with Crippen molar-refractivity contribution in [2.45, 2.75) is 25.7 Å². The third-order valence-electron chi connectivity index (χ3n) is 3.06. The van der Waals surface area contributed by atoms with Gasteiger partial charge in [0, 0.05) is 5.02 Å². The lowest BCUT2D eigenvalue weighted by Gasteiger charge is -2.10. The van der Waals surface area contributed by atoms with E-state index >= 15 is 0 Å². The van der Waals surface area contributed by atoms with E-state index in [4.69, 9.17) is 20.9 Å². The normalized spacial score (nSPS) is 11.3. The zero-order valence-corrected chi connectivity index (χ0v) is 14.8. The van der Waals surface area contributed by atoms with Crippen molar-refractivity contribution in [3.8, 4) is 5.75 Å². The van der Waals surface area contributed by atoms with Gasteiger partial charge in [-0.3, -0.25) is 10.2 Å². The number of nitrogens with zero attached hydrogens (tertiary/aromatic N) is 1. The maximum absolute atomic E-state index is 12.1. The predicted octanol–water partition coefficient (Wildman–Crippen LogP) is 1.64. The third kappa shape index (κ3) is 4.25. The molecule has 0 bridgehead atoms. The van der Waals surface area contributed by atoms with Crippen LogP contribution in [0.25, 0.3) is 0 Å². The molecule has 0 spiro atoms. The molecule has 0 atom stereocenters. The number of sulfonamides is 1. The average Bonchev–Trinajstić information content (AvgIpc) is 2.86. The second kappa shape index (κ2) is 7.20. The minimum absolute atomic E-state index is 0.114. The van der Waals surface area contributed by atoms with Crippen molar-refractivity contribution < 1.29 is 22.5 Å². The molecule has 1 heterocycles. The fraction of sp³-hybridized carbons (Fsp3) is 0.286. The number of nitrogens with one attached hydrogen (secondary N) is 2. The van der Waals surface area contributed by atoms with E-state index in [0.29, 0.717) is 10.8 Å². The molecule has 2 N–H and O–H groups in total. The molecular weight excluding hydrogens is 358 g/mol. The van der Waals surface area contributed by atoms with Gasteiger partial charge in [-0.25, -0.2) is 8.42 Å². The molecule has 1 amide bonds. The molecule has 0 unspecified atom stereocenters. The van der Waals surface area contributed by atoms with E-state index in [1.807, 2.05) is 4.83 Å². The Hall–Kier alpha value is -2.10. The Morgan fingerprint density at radius 3 is 2.62 bits per heavy atom. The van der Waals surface area contributed by atoms with Gasteiger partial charge in [-0.15, -0.1) is 4.83 Å². The lowest BCUT2D eigenvalue weighted by molar-refractivity contribution is -0.123. The summed E-state index contributed by atoms with van der Waals surface area (Å²) in [4.78, 5) is 13.6. The number of carbonyl (C=O) groups excluding carboxylic acids is 1. The van der Waals surface area contributed by atoms with Gasteiger partial charge in [-0.05, 0) is 44.5 Å². The van der Waals surface area contributed by atoms with Gasteiger partial charge in [-0.2, -0.15) is 0 Å². The Balaban J connectivity index is 1.92. The summed E-state index contributed by atoms with van der Waals surface area (Å²) in [6.07, 6.45) is 0. The summed E-state index contributed by atoms with van der Waals surface area (Å²) in [5.74, 6) is -0.0966. The van der Waals surface area contributed by atoms with Gasteiger partial charge in [0.05, 0.1) is 0 Å². The molecule has 0 aliphatic rings. The highest BCUT2D eigenvalue weighted by Gasteiger charge is 2.24. The average molecular weight is 374 g/mol. The number of carbonyl (C=O) groups is 1. The van der Waals surface area contributed by atoms with Crippen molar-refractivity contribution in [3.63, 3.8) is 0 Å². The molecule has 1 aromatic heterocycles. The Morgan fingerprint density at radius 2 is 2.04 bits per heavy atom. The van der Waals surface area contributed by atoms with Gasteiger partial charge in [0.1, 0.15) is 16.3 Å². The van der Waals surface area contributed by atoms with Crippen LogP contribution in [0.1, 0.15) is 17.0 Å². The molecule has 0 fully saturated rings. The zero-order valence-electron chi connectivity index (χ0n) is 13.2. The number of halogens is 1. The van der Waals surface area contributed by atoms with E-state index in [-0.39, 0.29) is 23.0 Å². The number of hydrogen-bond donors (Lipinski definition) is 2. The van der Waals surface area contributed by atoms with E-state index in [1.54, 1.807) is 25.1 Å². The van der Waals surface area contributed by atoms with Crippen LogP contribution in [-0.4, -0.2) is 26.1 Å². The summed E-state index contributed by atoms with van der Waals surface area (Å²) in [7, 11) is -3.98. The topological polar surface area (TPSA) is 111 Å². The summed E-state index contributed by atoms with van der Waals surface area (Å²) >= 11 is 5.89. The number of ether oxygens (including phenoxy) is 1. The van der Waals surface area contributed by atoms with Gasteiger partial charge < -0.3 is 9.26 Å². The highest BCUT2D eigenvalue weighted by molar-refractivity contribution is 7.89. The van der Waals surface area contributed by atoms with Crippen LogP contribution >= 0.6 is 11.6 Å². The Morgan fingerprint density at radius 1 is 1.33 bits per heavy atom. The molecule has 0 radical (unpaired) electrons. The van der Waals surface area contributed by atoms with Crippen molar-refractivity contribution in [2.75, 3.05) is 6.61 Å². The quantitative estimate of drug-likeness (QED) is 0.745. The Labute approximate surface area is 144 Å². The first-order valence-electron chi connectivity index (χ1n) is 6.83. The molecule has 2 rings (SSSR count). The van der Waals surface area contributed by atoms with Crippen molar-refractivity contribution >= 4 is 27.5 Å². The standard InChI is InChI=1S/C14H16ClN3O5S/c1-8-6-11(4-5-12(8)15)22-7-13(19)16-18-24(20,21)14-9(2)17-23-10(14)3/h4-6,18H,7H2,1-3H3,(H,16,19). The number of hydrazine groups is 1. The first-order chi connectivity index (χ1) is 11.2. The summed E-state index contributed by atoms with van der Waals surface area (Å²) in [6.45, 7) is 4.37. The molecule has 0 aliphatic heterocycles. The molecule has 1 aromatic carbocycles. The molecule has 130 valence electrons. The summed E-state index contributed by atoms with van der Waals surface area (Å²) in [5, 5.41) is 4.14. The van der Waals surface area contributed by atoms with Gasteiger partial charge in [0.25, 0.3) is 15.9 Å². The second-order valence-corrected chi connectivity index (χ2v) is 7.03. The summed E-state index contributed by atoms with van der Waals surface area (Å²) in [5.41, 5.74) is 3.06. The number of amides is 1. The molecule has 0 saturated carbocycles. The largest absolute Gasteiger partial charge is 0.484 e. The Bertz CT molecular complexity index is 844. The highest BCUT2D eigenvalue weighted by atomic mass is 35.5. The van der Waals surface area contributed by atoms with Crippen LogP contribution in [0.2, 0.25) is 5.02 Å². The number of benzene rings is 1. The molecule has 0 aliphatic carbocycles. The fourth-order valence-corrected chi connectivity index (χ4v) is 3.24. The van der Waals surface area contributed by atoms with Crippen LogP contribution in [0.3, 0.4) is 0 Å². The predicted molar refractivity (Wildman–Crippen MR) is 86.1 cm³/mol. The molecule has 0 saturated heterocycles.